The zero-order valence-electron chi connectivity index (χ0n) is 11.6. The van der Waals surface area contributed by atoms with Gasteiger partial charge in [-0.25, -0.2) is 0 Å². The van der Waals surface area contributed by atoms with Crippen LogP contribution in [0.1, 0.15) is 31.2 Å². The van der Waals surface area contributed by atoms with E-state index in [0.29, 0.717) is 0 Å². The maximum atomic E-state index is 5.77. The van der Waals surface area contributed by atoms with Crippen LogP contribution in [0.5, 0.6) is 5.75 Å². The minimum atomic E-state index is -0.231. The largest absolute Gasteiger partial charge is 0.497 e. The molecule has 3 heteroatoms. The molecule has 1 aliphatic heterocycles. The predicted octanol–water partition coefficient (Wildman–Crippen LogP) is 3.17. The van der Waals surface area contributed by atoms with Crippen LogP contribution in [0.15, 0.2) is 24.3 Å². The van der Waals surface area contributed by atoms with Crippen LogP contribution in [0.4, 0.5) is 0 Å². The monoisotopic (exact) mass is 262 g/mol. The standard InChI is InChI=1S/C16H22O3/c1-17-15-4-2-3-14(12-15)11-13-5-7-16(8-6-13)18-9-10-19-16/h2-4,12-13H,5-11H2,1H3. The first-order valence-corrected chi connectivity index (χ1v) is 7.20. The van der Waals surface area contributed by atoms with Crippen LogP contribution < -0.4 is 4.74 Å². The lowest BCUT2D eigenvalue weighted by Gasteiger charge is -2.35. The molecule has 3 rings (SSSR count). The van der Waals surface area contributed by atoms with Gasteiger partial charge in [0.1, 0.15) is 5.75 Å². The molecule has 1 aliphatic carbocycles. The van der Waals surface area contributed by atoms with E-state index in [0.717, 1.165) is 44.1 Å². The Balaban J connectivity index is 1.56. The van der Waals surface area contributed by atoms with Crippen molar-refractivity contribution in [3.63, 3.8) is 0 Å². The zero-order valence-corrected chi connectivity index (χ0v) is 11.6. The molecule has 2 fully saturated rings. The van der Waals surface area contributed by atoms with Crippen molar-refractivity contribution in [3.05, 3.63) is 29.8 Å². The lowest BCUT2D eigenvalue weighted by atomic mass is 9.81. The molecule has 1 saturated heterocycles. The quantitative estimate of drug-likeness (QED) is 0.837. The minimum Gasteiger partial charge on any atom is -0.497 e. The van der Waals surface area contributed by atoms with Gasteiger partial charge >= 0.3 is 0 Å². The number of ether oxygens (including phenoxy) is 3. The zero-order chi connectivity index (χ0) is 13.1. The van der Waals surface area contributed by atoms with E-state index in [1.807, 2.05) is 6.07 Å². The lowest BCUT2D eigenvalue weighted by molar-refractivity contribution is -0.182. The van der Waals surface area contributed by atoms with Gasteiger partial charge in [0.25, 0.3) is 0 Å². The second-order valence-electron chi connectivity index (χ2n) is 5.61. The van der Waals surface area contributed by atoms with Crippen molar-refractivity contribution in [2.45, 2.75) is 37.9 Å². The SMILES string of the molecule is COc1cccc(CC2CCC3(CC2)OCCO3)c1. The van der Waals surface area contributed by atoms with E-state index in [2.05, 4.69) is 18.2 Å². The summed E-state index contributed by atoms with van der Waals surface area (Å²) in [5, 5.41) is 0. The Hall–Kier alpha value is -1.06. The van der Waals surface area contributed by atoms with Crippen molar-refractivity contribution in [1.82, 2.24) is 0 Å². The Morgan fingerprint density at radius 3 is 2.63 bits per heavy atom. The van der Waals surface area contributed by atoms with Gasteiger partial charge in [-0.1, -0.05) is 12.1 Å². The van der Waals surface area contributed by atoms with E-state index in [4.69, 9.17) is 14.2 Å². The summed E-state index contributed by atoms with van der Waals surface area (Å²) in [4.78, 5) is 0. The Morgan fingerprint density at radius 1 is 1.21 bits per heavy atom. The summed E-state index contributed by atoms with van der Waals surface area (Å²) in [6.45, 7) is 1.53. The molecular weight excluding hydrogens is 240 g/mol. The van der Waals surface area contributed by atoms with Gasteiger partial charge < -0.3 is 14.2 Å². The number of rotatable bonds is 3. The Kier molecular flexibility index (Phi) is 3.76. The molecule has 1 aromatic rings. The summed E-state index contributed by atoms with van der Waals surface area (Å²) in [6.07, 6.45) is 5.60. The van der Waals surface area contributed by atoms with Crippen molar-refractivity contribution in [2.24, 2.45) is 5.92 Å². The van der Waals surface area contributed by atoms with Gasteiger partial charge in [-0.05, 0) is 42.9 Å². The van der Waals surface area contributed by atoms with Crippen LogP contribution in [0.2, 0.25) is 0 Å². The van der Waals surface area contributed by atoms with E-state index in [-0.39, 0.29) is 5.79 Å². The normalized spacial score (nSPS) is 22.8. The van der Waals surface area contributed by atoms with Gasteiger partial charge in [0.15, 0.2) is 5.79 Å². The highest BCUT2D eigenvalue weighted by Gasteiger charge is 2.40. The summed E-state index contributed by atoms with van der Waals surface area (Å²) in [5.41, 5.74) is 1.37. The Bertz CT molecular complexity index is 414. The molecule has 0 amide bonds. The molecule has 19 heavy (non-hydrogen) atoms. The molecule has 0 N–H and O–H groups in total. The summed E-state index contributed by atoms with van der Waals surface area (Å²) in [6, 6.07) is 8.41. The molecule has 104 valence electrons. The smallest absolute Gasteiger partial charge is 0.168 e. The molecule has 3 nitrogen and oxygen atoms in total. The third-order valence-electron chi connectivity index (χ3n) is 4.34. The van der Waals surface area contributed by atoms with Crippen LogP contribution in [0.25, 0.3) is 0 Å². The van der Waals surface area contributed by atoms with Crippen LogP contribution in [0, 0.1) is 5.92 Å². The summed E-state index contributed by atoms with van der Waals surface area (Å²) in [7, 11) is 1.72. The van der Waals surface area contributed by atoms with Crippen LogP contribution in [-0.4, -0.2) is 26.1 Å². The van der Waals surface area contributed by atoms with Crippen molar-refractivity contribution in [1.29, 1.82) is 0 Å². The second kappa shape index (κ2) is 5.51. The molecule has 2 aliphatic rings. The predicted molar refractivity (Wildman–Crippen MR) is 73.3 cm³/mol. The maximum Gasteiger partial charge on any atom is 0.168 e. The molecule has 1 spiro atoms. The van der Waals surface area contributed by atoms with Gasteiger partial charge in [0, 0.05) is 12.8 Å². The fourth-order valence-corrected chi connectivity index (χ4v) is 3.24. The van der Waals surface area contributed by atoms with Crippen LogP contribution in [-0.2, 0) is 15.9 Å². The summed E-state index contributed by atoms with van der Waals surface area (Å²) >= 11 is 0. The number of hydrogen-bond acceptors (Lipinski definition) is 3. The topological polar surface area (TPSA) is 27.7 Å². The second-order valence-corrected chi connectivity index (χ2v) is 5.61. The first-order chi connectivity index (χ1) is 9.30. The highest BCUT2D eigenvalue weighted by Crippen LogP contribution is 2.39. The molecule has 0 bridgehead atoms. The maximum absolute atomic E-state index is 5.77. The van der Waals surface area contributed by atoms with Gasteiger partial charge in [0.2, 0.25) is 0 Å². The third-order valence-corrected chi connectivity index (χ3v) is 4.34. The third kappa shape index (κ3) is 2.93. The average Bonchev–Trinajstić information content (AvgIpc) is 2.90. The fourth-order valence-electron chi connectivity index (χ4n) is 3.24. The summed E-state index contributed by atoms with van der Waals surface area (Å²) in [5.74, 6) is 1.46. The van der Waals surface area contributed by atoms with Gasteiger partial charge in [-0.15, -0.1) is 0 Å². The van der Waals surface area contributed by atoms with Crippen molar-refractivity contribution < 1.29 is 14.2 Å². The minimum absolute atomic E-state index is 0.231. The number of hydrogen-bond donors (Lipinski definition) is 0. The van der Waals surface area contributed by atoms with Gasteiger partial charge in [-0.3, -0.25) is 0 Å². The highest BCUT2D eigenvalue weighted by atomic mass is 16.7. The lowest BCUT2D eigenvalue weighted by Crippen LogP contribution is -2.35. The average molecular weight is 262 g/mol. The Morgan fingerprint density at radius 2 is 1.95 bits per heavy atom. The molecule has 1 saturated carbocycles. The van der Waals surface area contributed by atoms with E-state index < -0.39 is 0 Å². The van der Waals surface area contributed by atoms with E-state index in [9.17, 15) is 0 Å². The van der Waals surface area contributed by atoms with Gasteiger partial charge in [-0.2, -0.15) is 0 Å². The van der Waals surface area contributed by atoms with E-state index in [1.54, 1.807) is 7.11 Å². The molecule has 0 radical (unpaired) electrons. The molecule has 1 aromatic carbocycles. The van der Waals surface area contributed by atoms with Gasteiger partial charge in [0.05, 0.1) is 20.3 Å². The first kappa shape index (κ1) is 12.9. The summed E-state index contributed by atoms with van der Waals surface area (Å²) < 4.78 is 16.8. The van der Waals surface area contributed by atoms with Crippen molar-refractivity contribution in [3.8, 4) is 5.75 Å². The Labute approximate surface area is 114 Å². The molecular formula is C16H22O3. The molecule has 1 heterocycles. The molecule has 0 unspecified atom stereocenters. The van der Waals surface area contributed by atoms with Crippen molar-refractivity contribution >= 4 is 0 Å². The van der Waals surface area contributed by atoms with Crippen LogP contribution >= 0.6 is 0 Å². The number of benzene rings is 1. The fraction of sp³-hybridized carbons (Fsp3) is 0.625. The van der Waals surface area contributed by atoms with Crippen molar-refractivity contribution in [2.75, 3.05) is 20.3 Å². The molecule has 0 aromatic heterocycles. The number of methoxy groups -OCH3 is 1. The first-order valence-electron chi connectivity index (χ1n) is 7.20. The van der Waals surface area contributed by atoms with E-state index >= 15 is 0 Å². The highest BCUT2D eigenvalue weighted by molar-refractivity contribution is 5.28. The molecule has 0 atom stereocenters. The van der Waals surface area contributed by atoms with Crippen LogP contribution in [0.3, 0.4) is 0 Å². The van der Waals surface area contributed by atoms with E-state index in [1.165, 1.54) is 18.4 Å².